The summed E-state index contributed by atoms with van der Waals surface area (Å²) in [7, 11) is 93.3. The molecule has 0 atom stereocenters. The fourth-order valence-electron chi connectivity index (χ4n) is 8.48. The molecular formula is C45H13B14N3S2. The lowest BCUT2D eigenvalue weighted by atomic mass is 9.64. The summed E-state index contributed by atoms with van der Waals surface area (Å²) in [5.74, 6) is 0.350. The smallest absolute Gasteiger partial charge is 0.164 e. The van der Waals surface area contributed by atoms with Crippen LogP contribution in [0.3, 0.4) is 0 Å². The van der Waals surface area contributed by atoms with Crippen LogP contribution in [0.2, 0.25) is 0 Å². The van der Waals surface area contributed by atoms with Crippen molar-refractivity contribution in [2.24, 2.45) is 0 Å². The third-order valence-corrected chi connectivity index (χ3v) is 14.3. The Bertz CT molecular complexity index is 3680. The van der Waals surface area contributed by atoms with Gasteiger partial charge in [-0.2, -0.15) is 0 Å². The topological polar surface area (TPSA) is 38.7 Å². The molecule has 28 radical (unpaired) electrons. The lowest BCUT2D eigenvalue weighted by Gasteiger charge is -2.20. The van der Waals surface area contributed by atoms with Crippen LogP contribution in [0.4, 0.5) is 0 Å². The molecule has 3 heterocycles. The third kappa shape index (κ3) is 6.23. The zero-order valence-corrected chi connectivity index (χ0v) is 35.4. The van der Waals surface area contributed by atoms with E-state index >= 15 is 0 Å². The molecule has 10 aromatic rings. The monoisotopic (exact) mass is 813 g/mol. The minimum Gasteiger partial charge on any atom is -0.208 e. The van der Waals surface area contributed by atoms with E-state index in [1.165, 1.54) is 22.7 Å². The Morgan fingerprint density at radius 3 is 1.16 bits per heavy atom. The largest absolute Gasteiger partial charge is 0.208 e. The SMILES string of the molecule is [B]c1c([B])c([B])c2c(sc3c([B])c([B])c(-c4nc(-c5ccccc5-c5ccccc5-c5ccccc5)nc(-c5c([B])c([B])c([B])c6c5sc5c([B])c([B])c([B])c([B])c56)n4)c([B])c32)c1[B]. The van der Waals surface area contributed by atoms with E-state index in [4.69, 9.17) is 125 Å². The maximum atomic E-state index is 7.19. The summed E-state index contributed by atoms with van der Waals surface area (Å²) in [6.07, 6.45) is 0. The minimum atomic E-state index is 0.0423. The van der Waals surface area contributed by atoms with Gasteiger partial charge in [0.25, 0.3) is 0 Å². The van der Waals surface area contributed by atoms with E-state index in [9.17, 15) is 0 Å². The van der Waals surface area contributed by atoms with E-state index in [1.807, 2.05) is 60.7 Å². The van der Waals surface area contributed by atoms with E-state index in [1.54, 1.807) is 0 Å². The van der Waals surface area contributed by atoms with Gasteiger partial charge in [0.2, 0.25) is 0 Å². The number of aromatic nitrogens is 3. The number of hydrogen-bond acceptors (Lipinski definition) is 5. The summed E-state index contributed by atoms with van der Waals surface area (Å²) >= 11 is 2.47. The van der Waals surface area contributed by atoms with Crippen molar-refractivity contribution >= 4 is 249 Å². The molecule has 0 N–H and O–H groups in total. The first-order valence-corrected chi connectivity index (χ1v) is 21.1. The molecular weight excluding hydrogens is 798 g/mol. The molecule has 0 aliphatic rings. The van der Waals surface area contributed by atoms with Crippen LogP contribution in [0.15, 0.2) is 78.9 Å². The van der Waals surface area contributed by atoms with Crippen LogP contribution in [0.5, 0.6) is 0 Å². The number of thiophene rings is 2. The van der Waals surface area contributed by atoms with E-state index in [0.29, 0.717) is 51.5 Å². The van der Waals surface area contributed by atoms with Crippen LogP contribution in [0, 0.1) is 0 Å². The van der Waals surface area contributed by atoms with Crippen molar-refractivity contribution in [3.63, 3.8) is 0 Å². The Hall–Kier alpha value is -5.10. The van der Waals surface area contributed by atoms with Crippen molar-refractivity contribution in [2.45, 2.75) is 0 Å². The van der Waals surface area contributed by atoms with Crippen molar-refractivity contribution in [3.05, 3.63) is 78.9 Å². The Morgan fingerprint density at radius 1 is 0.266 bits per heavy atom. The molecule has 3 nitrogen and oxygen atoms in total. The van der Waals surface area contributed by atoms with Gasteiger partial charge in [-0.15, -0.1) is 50.0 Å². The molecule has 19 heteroatoms. The number of benzene rings is 7. The van der Waals surface area contributed by atoms with Crippen LogP contribution in [-0.2, 0) is 0 Å². The van der Waals surface area contributed by atoms with Gasteiger partial charge < -0.3 is 0 Å². The highest BCUT2D eigenvalue weighted by Crippen LogP contribution is 2.40. The molecule has 0 fully saturated rings. The number of fused-ring (bicyclic) bond motifs is 6. The first-order valence-electron chi connectivity index (χ1n) is 19.5. The van der Waals surface area contributed by atoms with Crippen LogP contribution in [-0.4, -0.2) is 125 Å². The molecule has 0 saturated carbocycles. The van der Waals surface area contributed by atoms with Gasteiger partial charge in [0.05, 0.1) is 0 Å². The van der Waals surface area contributed by atoms with E-state index < -0.39 is 0 Å². The number of hydrogen-bond donors (Lipinski definition) is 0. The normalized spacial score (nSPS) is 11.7. The fraction of sp³-hybridized carbons (Fsp3) is 0. The van der Waals surface area contributed by atoms with Crippen LogP contribution in [0.25, 0.3) is 96.8 Å². The molecule has 3 aromatic heterocycles. The first kappa shape index (κ1) is 42.8. The Morgan fingerprint density at radius 2 is 0.609 bits per heavy atom. The Labute approximate surface area is 397 Å². The lowest BCUT2D eigenvalue weighted by molar-refractivity contribution is 1.08. The third-order valence-electron chi connectivity index (χ3n) is 11.8. The Kier molecular flexibility index (Phi) is 10.6. The molecule has 0 amide bonds. The minimum absolute atomic E-state index is 0.0423. The lowest BCUT2D eigenvalue weighted by Crippen LogP contribution is -2.47. The molecule has 0 saturated heterocycles. The van der Waals surface area contributed by atoms with E-state index in [2.05, 4.69) is 18.2 Å². The van der Waals surface area contributed by atoms with Crippen molar-refractivity contribution in [2.75, 3.05) is 0 Å². The van der Waals surface area contributed by atoms with Gasteiger partial charge in [0, 0.05) is 35.5 Å². The zero-order valence-electron chi connectivity index (χ0n) is 33.7. The summed E-state index contributed by atoms with van der Waals surface area (Å²) in [5, 5.41) is 1.81. The van der Waals surface area contributed by atoms with Gasteiger partial charge in [-0.05, 0) is 43.8 Å². The Balaban J connectivity index is 1.35. The summed E-state index contributed by atoms with van der Waals surface area (Å²) < 4.78 is 2.08. The number of nitrogens with zero attached hydrogens (tertiary/aromatic N) is 3. The predicted molar refractivity (Wildman–Crippen MR) is 288 cm³/mol. The maximum absolute atomic E-state index is 7.19. The molecule has 64 heavy (non-hydrogen) atoms. The van der Waals surface area contributed by atoms with Crippen molar-refractivity contribution in [1.29, 1.82) is 0 Å². The van der Waals surface area contributed by atoms with Crippen LogP contribution < -0.4 is 76.5 Å². The zero-order chi connectivity index (χ0) is 45.2. The van der Waals surface area contributed by atoms with Crippen molar-refractivity contribution in [1.82, 2.24) is 15.0 Å². The molecule has 262 valence electrons. The van der Waals surface area contributed by atoms with Gasteiger partial charge in [-0.1, -0.05) is 128 Å². The van der Waals surface area contributed by atoms with Gasteiger partial charge in [-0.3, -0.25) is 0 Å². The van der Waals surface area contributed by atoms with E-state index in [-0.39, 0.29) is 99.5 Å². The standard InChI is InChI=1S/C45H13B14N3S2/c46-25-19-21-27(48)32(53)35(56)38(59)42(21)64-40(19)36(57)29(50)23(25)44-60-43(18-13-7-6-12-17(18)16-11-5-4-10-15(16)14-8-2-1-3-9-14)61-45(62-44)24-30(51)31(52)26(47)20-22-28(49)33(54)34(55)37(58)41(22)63-39(20)24/h1-13H. The van der Waals surface area contributed by atoms with Gasteiger partial charge >= 0.3 is 0 Å². The van der Waals surface area contributed by atoms with Crippen LogP contribution in [0.1, 0.15) is 0 Å². The molecule has 0 aliphatic heterocycles. The van der Waals surface area contributed by atoms with E-state index in [0.717, 1.165) is 22.3 Å². The summed E-state index contributed by atoms with van der Waals surface area (Å²) in [6.45, 7) is 0. The first-order chi connectivity index (χ1) is 30.6. The second-order valence-electron chi connectivity index (χ2n) is 15.3. The molecule has 0 aliphatic carbocycles. The average molecular weight is 811 g/mol. The quantitative estimate of drug-likeness (QED) is 0.167. The highest BCUT2D eigenvalue weighted by Gasteiger charge is 2.27. The number of rotatable bonds is 5. The van der Waals surface area contributed by atoms with Gasteiger partial charge in [-0.25, -0.2) is 15.0 Å². The highest BCUT2D eigenvalue weighted by molar-refractivity contribution is 7.29. The van der Waals surface area contributed by atoms with Gasteiger partial charge in [0.15, 0.2) is 17.5 Å². The second-order valence-corrected chi connectivity index (χ2v) is 17.4. The average Bonchev–Trinajstić information content (AvgIpc) is 3.92. The molecule has 7 aromatic carbocycles. The van der Waals surface area contributed by atoms with Gasteiger partial charge in [0.1, 0.15) is 110 Å². The highest BCUT2D eigenvalue weighted by atomic mass is 32.1. The second kappa shape index (κ2) is 15.8. The van der Waals surface area contributed by atoms with Crippen molar-refractivity contribution in [3.8, 4) is 56.4 Å². The summed E-state index contributed by atoms with van der Waals surface area (Å²) in [6, 6.07) is 25.8. The molecule has 10 rings (SSSR count). The predicted octanol–water partition coefficient (Wildman–Crippen LogP) is -3.94. The molecule has 0 spiro atoms. The molecule has 0 unspecified atom stereocenters. The maximum Gasteiger partial charge on any atom is 0.164 e. The summed E-state index contributed by atoms with van der Waals surface area (Å²) in [5.41, 5.74) is 6.81. The van der Waals surface area contributed by atoms with Crippen LogP contribution >= 0.6 is 22.7 Å². The van der Waals surface area contributed by atoms with Crippen molar-refractivity contribution < 1.29 is 0 Å². The summed E-state index contributed by atoms with van der Waals surface area (Å²) in [4.78, 5) is 15.4. The molecule has 0 bridgehead atoms. The fourth-order valence-corrected chi connectivity index (χ4v) is 11.1.